The number of benzene rings is 2. The lowest BCUT2D eigenvalue weighted by Gasteiger charge is -2.33. The van der Waals surface area contributed by atoms with E-state index in [0.29, 0.717) is 22.2 Å². The number of carbonyl (C=O) groups is 2. The van der Waals surface area contributed by atoms with Gasteiger partial charge in [-0.3, -0.25) is 9.59 Å². The fourth-order valence-corrected chi connectivity index (χ4v) is 5.14. The number of carbonyl (C=O) groups excluding carboxylic acids is 2. The molecule has 0 saturated heterocycles. The molecule has 0 spiro atoms. The second-order valence-corrected chi connectivity index (χ2v) is 10.4. The molecule has 1 saturated carbocycles. The van der Waals surface area contributed by atoms with Crippen LogP contribution in [0.4, 0.5) is 0 Å². The highest BCUT2D eigenvalue weighted by Gasteiger charge is 2.31. The lowest BCUT2D eigenvalue weighted by Crippen LogP contribution is -2.52. The molecule has 2 aromatic carbocycles. The minimum absolute atomic E-state index is 0.125. The first-order chi connectivity index (χ1) is 16.7. The summed E-state index contributed by atoms with van der Waals surface area (Å²) < 4.78 is 5.98. The lowest BCUT2D eigenvalue weighted by molar-refractivity contribution is -0.143. The number of ether oxygens (including phenoxy) is 1. The van der Waals surface area contributed by atoms with E-state index >= 15 is 0 Å². The molecule has 1 atom stereocenters. The highest BCUT2D eigenvalue weighted by Crippen LogP contribution is 2.26. The molecule has 1 aliphatic carbocycles. The van der Waals surface area contributed by atoms with Crippen LogP contribution in [0.1, 0.15) is 67.7 Å². The molecule has 1 aliphatic rings. The third-order valence-electron chi connectivity index (χ3n) is 6.81. The minimum Gasteiger partial charge on any atom is -0.483 e. The topological polar surface area (TPSA) is 58.6 Å². The second kappa shape index (κ2) is 12.6. The zero-order valence-electron chi connectivity index (χ0n) is 21.1. The number of hydrogen-bond acceptors (Lipinski definition) is 3. The van der Waals surface area contributed by atoms with Crippen LogP contribution < -0.4 is 10.1 Å². The smallest absolute Gasteiger partial charge is 0.261 e. The molecule has 190 valence electrons. The third-order valence-corrected chi connectivity index (χ3v) is 7.40. The maximum Gasteiger partial charge on any atom is 0.261 e. The first kappa shape index (κ1) is 27.3. The highest BCUT2D eigenvalue weighted by molar-refractivity contribution is 6.35. The molecule has 1 fully saturated rings. The summed E-state index contributed by atoms with van der Waals surface area (Å²) >= 11 is 12.5. The second-order valence-electron chi connectivity index (χ2n) is 9.52. The SMILES string of the molecule is CC[C@@H](C(=O)NC1CCCCC1)N(Cc1ccc(Cl)cc1Cl)C(=O)COc1cc(C)cc(C)c1C. The van der Waals surface area contributed by atoms with Crippen LogP contribution in [0.25, 0.3) is 0 Å². The van der Waals surface area contributed by atoms with Crippen LogP contribution in [0, 0.1) is 20.8 Å². The molecule has 5 nitrogen and oxygen atoms in total. The Balaban J connectivity index is 1.82. The molecular formula is C28H36Cl2N2O3. The number of amides is 2. The third kappa shape index (κ3) is 7.37. The molecule has 0 aromatic heterocycles. The molecule has 35 heavy (non-hydrogen) atoms. The van der Waals surface area contributed by atoms with E-state index in [4.69, 9.17) is 27.9 Å². The first-order valence-electron chi connectivity index (χ1n) is 12.4. The van der Waals surface area contributed by atoms with Crippen molar-refractivity contribution in [1.82, 2.24) is 10.2 Å². The van der Waals surface area contributed by atoms with E-state index in [9.17, 15) is 9.59 Å². The summed E-state index contributed by atoms with van der Waals surface area (Å²) in [5, 5.41) is 4.17. The Kier molecular flexibility index (Phi) is 9.88. The Labute approximate surface area is 219 Å². The van der Waals surface area contributed by atoms with Crippen LogP contribution >= 0.6 is 23.2 Å². The molecule has 7 heteroatoms. The standard InChI is InChI=1S/C28H36Cl2N2O3/c1-5-25(28(34)31-23-9-7-6-8-10-23)32(16-21-11-12-22(29)15-24(21)30)27(33)17-35-26-14-18(2)13-19(3)20(26)4/h11-15,23,25H,5-10,16-17H2,1-4H3,(H,31,34)/t25-/m0/s1. The fourth-order valence-electron chi connectivity index (χ4n) is 4.67. The van der Waals surface area contributed by atoms with E-state index in [1.165, 1.54) is 6.42 Å². The van der Waals surface area contributed by atoms with Crippen LogP contribution in [0.3, 0.4) is 0 Å². The van der Waals surface area contributed by atoms with Gasteiger partial charge in [-0.1, -0.05) is 61.5 Å². The van der Waals surface area contributed by atoms with Crippen LogP contribution in [0.5, 0.6) is 5.75 Å². The number of rotatable bonds is 9. The summed E-state index contributed by atoms with van der Waals surface area (Å²) in [6, 6.07) is 8.75. The number of nitrogens with one attached hydrogen (secondary N) is 1. The summed E-state index contributed by atoms with van der Waals surface area (Å²) in [5.41, 5.74) is 3.91. The Bertz CT molecular complexity index is 1050. The molecule has 3 rings (SSSR count). The van der Waals surface area contributed by atoms with Crippen molar-refractivity contribution in [1.29, 1.82) is 0 Å². The zero-order valence-corrected chi connectivity index (χ0v) is 22.6. The van der Waals surface area contributed by atoms with E-state index in [0.717, 1.165) is 47.9 Å². The van der Waals surface area contributed by atoms with E-state index in [1.54, 1.807) is 23.1 Å². The highest BCUT2D eigenvalue weighted by atomic mass is 35.5. The van der Waals surface area contributed by atoms with Gasteiger partial charge in [0.15, 0.2) is 6.61 Å². The Morgan fingerprint density at radius 2 is 1.80 bits per heavy atom. The lowest BCUT2D eigenvalue weighted by atomic mass is 9.95. The quantitative estimate of drug-likeness (QED) is 0.409. The van der Waals surface area contributed by atoms with Crippen molar-refractivity contribution in [3.63, 3.8) is 0 Å². The van der Waals surface area contributed by atoms with Gasteiger partial charge in [-0.2, -0.15) is 0 Å². The molecule has 1 N–H and O–H groups in total. The van der Waals surface area contributed by atoms with E-state index < -0.39 is 6.04 Å². The Morgan fingerprint density at radius 1 is 1.09 bits per heavy atom. The maximum atomic E-state index is 13.5. The predicted molar refractivity (Wildman–Crippen MR) is 142 cm³/mol. The van der Waals surface area contributed by atoms with Gasteiger partial charge in [0.05, 0.1) is 0 Å². The zero-order chi connectivity index (χ0) is 25.5. The first-order valence-corrected chi connectivity index (χ1v) is 13.2. The van der Waals surface area contributed by atoms with Crippen LogP contribution in [-0.4, -0.2) is 35.4 Å². The summed E-state index contributed by atoms with van der Waals surface area (Å²) in [7, 11) is 0. The van der Waals surface area contributed by atoms with Gasteiger partial charge in [-0.25, -0.2) is 0 Å². The summed E-state index contributed by atoms with van der Waals surface area (Å²) in [6.45, 7) is 7.95. The van der Waals surface area contributed by atoms with Crippen molar-refractivity contribution < 1.29 is 14.3 Å². The number of aryl methyl sites for hydroxylation is 2. The molecule has 0 bridgehead atoms. The van der Waals surface area contributed by atoms with E-state index in [-0.39, 0.29) is 31.0 Å². The fraction of sp³-hybridized carbons (Fsp3) is 0.500. The summed E-state index contributed by atoms with van der Waals surface area (Å²) in [5.74, 6) is 0.292. The largest absolute Gasteiger partial charge is 0.483 e. The van der Waals surface area contributed by atoms with Gasteiger partial charge < -0.3 is 15.0 Å². The van der Waals surface area contributed by atoms with Gasteiger partial charge in [0.25, 0.3) is 5.91 Å². The number of halogens is 2. The van der Waals surface area contributed by atoms with Gasteiger partial charge in [-0.05, 0) is 80.5 Å². The van der Waals surface area contributed by atoms with Crippen molar-refractivity contribution >= 4 is 35.0 Å². The van der Waals surface area contributed by atoms with Crippen molar-refractivity contribution in [2.45, 2.75) is 84.8 Å². The number of nitrogens with zero attached hydrogens (tertiary/aromatic N) is 1. The van der Waals surface area contributed by atoms with Gasteiger partial charge in [0.1, 0.15) is 11.8 Å². The van der Waals surface area contributed by atoms with Gasteiger partial charge in [0.2, 0.25) is 5.91 Å². The van der Waals surface area contributed by atoms with E-state index in [2.05, 4.69) is 11.4 Å². The maximum absolute atomic E-state index is 13.5. The average Bonchev–Trinajstić information content (AvgIpc) is 2.82. The van der Waals surface area contributed by atoms with Crippen LogP contribution in [0.15, 0.2) is 30.3 Å². The van der Waals surface area contributed by atoms with Crippen LogP contribution in [0.2, 0.25) is 10.0 Å². The number of hydrogen-bond donors (Lipinski definition) is 1. The summed E-state index contributed by atoms with van der Waals surface area (Å²) in [6.07, 6.45) is 5.89. The van der Waals surface area contributed by atoms with Gasteiger partial charge >= 0.3 is 0 Å². The molecule has 0 heterocycles. The molecule has 2 amide bonds. The molecule has 0 aliphatic heterocycles. The van der Waals surface area contributed by atoms with Gasteiger partial charge in [-0.15, -0.1) is 0 Å². The van der Waals surface area contributed by atoms with Gasteiger partial charge in [0, 0.05) is 22.6 Å². The van der Waals surface area contributed by atoms with E-state index in [1.807, 2.05) is 33.8 Å². The molecular weight excluding hydrogens is 483 g/mol. The average molecular weight is 520 g/mol. The Hall–Kier alpha value is -2.24. The van der Waals surface area contributed by atoms with Crippen molar-refractivity contribution in [3.05, 3.63) is 62.6 Å². The Morgan fingerprint density at radius 3 is 2.46 bits per heavy atom. The van der Waals surface area contributed by atoms with Crippen molar-refractivity contribution in [3.8, 4) is 5.75 Å². The van der Waals surface area contributed by atoms with Crippen LogP contribution in [-0.2, 0) is 16.1 Å². The predicted octanol–water partition coefficient (Wildman–Crippen LogP) is 6.55. The summed E-state index contributed by atoms with van der Waals surface area (Å²) in [4.78, 5) is 28.5. The van der Waals surface area contributed by atoms with Crippen molar-refractivity contribution in [2.75, 3.05) is 6.61 Å². The molecule has 0 radical (unpaired) electrons. The normalized spacial score (nSPS) is 14.9. The minimum atomic E-state index is -0.625. The molecule has 0 unspecified atom stereocenters. The molecule has 2 aromatic rings. The monoisotopic (exact) mass is 518 g/mol. The van der Waals surface area contributed by atoms with Crippen molar-refractivity contribution in [2.24, 2.45) is 0 Å².